The first-order valence-electron chi connectivity index (χ1n) is 4.03. The SMILES string of the molecule is CO/C=C1/OC(=O)c2ccccc2S1. The Morgan fingerprint density at radius 3 is 3.00 bits per heavy atom. The molecular weight excluding hydrogens is 200 g/mol. The molecule has 3 nitrogen and oxygen atoms in total. The number of methoxy groups -OCH3 is 1. The molecular formula is C10H8O3S. The van der Waals surface area contributed by atoms with E-state index in [1.807, 2.05) is 18.2 Å². The molecule has 0 unspecified atom stereocenters. The van der Waals surface area contributed by atoms with E-state index in [-0.39, 0.29) is 5.97 Å². The molecule has 1 aromatic carbocycles. The van der Waals surface area contributed by atoms with Crippen molar-refractivity contribution in [2.45, 2.75) is 4.90 Å². The minimum atomic E-state index is -0.331. The van der Waals surface area contributed by atoms with Gasteiger partial charge in [0, 0.05) is 4.90 Å². The molecule has 0 radical (unpaired) electrons. The molecule has 72 valence electrons. The van der Waals surface area contributed by atoms with Crippen LogP contribution < -0.4 is 0 Å². The summed E-state index contributed by atoms with van der Waals surface area (Å²) >= 11 is 1.38. The number of cyclic esters (lactones) is 1. The van der Waals surface area contributed by atoms with E-state index in [9.17, 15) is 4.79 Å². The number of fused-ring (bicyclic) bond motifs is 1. The highest BCUT2D eigenvalue weighted by Gasteiger charge is 2.22. The molecule has 0 atom stereocenters. The van der Waals surface area contributed by atoms with Gasteiger partial charge in [-0.15, -0.1) is 0 Å². The van der Waals surface area contributed by atoms with Crippen LogP contribution in [0.1, 0.15) is 10.4 Å². The number of benzene rings is 1. The molecule has 1 heterocycles. The average Bonchev–Trinajstić information content (AvgIpc) is 2.18. The Morgan fingerprint density at radius 1 is 1.43 bits per heavy atom. The van der Waals surface area contributed by atoms with Gasteiger partial charge in [0.25, 0.3) is 0 Å². The lowest BCUT2D eigenvalue weighted by molar-refractivity contribution is 0.0632. The second-order valence-electron chi connectivity index (χ2n) is 2.66. The number of esters is 1. The molecule has 0 N–H and O–H groups in total. The van der Waals surface area contributed by atoms with Crippen molar-refractivity contribution in [1.82, 2.24) is 0 Å². The van der Waals surface area contributed by atoms with E-state index in [0.717, 1.165) is 4.90 Å². The largest absolute Gasteiger partial charge is 0.500 e. The molecule has 0 saturated carbocycles. The molecule has 1 aliphatic rings. The Morgan fingerprint density at radius 2 is 2.21 bits per heavy atom. The highest BCUT2D eigenvalue weighted by molar-refractivity contribution is 8.03. The van der Waals surface area contributed by atoms with Crippen molar-refractivity contribution >= 4 is 17.7 Å². The van der Waals surface area contributed by atoms with Gasteiger partial charge in [0.2, 0.25) is 5.09 Å². The van der Waals surface area contributed by atoms with Gasteiger partial charge in [-0.1, -0.05) is 12.1 Å². The summed E-state index contributed by atoms with van der Waals surface area (Å²) < 4.78 is 9.80. The summed E-state index contributed by atoms with van der Waals surface area (Å²) in [6.45, 7) is 0. The second-order valence-corrected chi connectivity index (χ2v) is 3.71. The zero-order chi connectivity index (χ0) is 9.97. The summed E-state index contributed by atoms with van der Waals surface area (Å²) in [6.07, 6.45) is 1.42. The molecule has 1 aromatic rings. The summed E-state index contributed by atoms with van der Waals surface area (Å²) in [5.74, 6) is -0.331. The minimum Gasteiger partial charge on any atom is -0.500 e. The maximum Gasteiger partial charge on any atom is 0.345 e. The lowest BCUT2D eigenvalue weighted by Gasteiger charge is -2.15. The fourth-order valence-electron chi connectivity index (χ4n) is 1.14. The first kappa shape index (κ1) is 9.15. The Kier molecular flexibility index (Phi) is 2.45. The lowest BCUT2D eigenvalue weighted by Crippen LogP contribution is -2.10. The fraction of sp³-hybridized carbons (Fsp3) is 0.100. The predicted molar refractivity (Wildman–Crippen MR) is 52.8 cm³/mol. The van der Waals surface area contributed by atoms with E-state index in [2.05, 4.69) is 0 Å². The number of ether oxygens (including phenoxy) is 2. The molecule has 0 saturated heterocycles. The highest BCUT2D eigenvalue weighted by Crippen LogP contribution is 2.35. The van der Waals surface area contributed by atoms with Gasteiger partial charge in [-0.3, -0.25) is 0 Å². The second kappa shape index (κ2) is 3.75. The zero-order valence-electron chi connectivity index (χ0n) is 7.52. The molecule has 2 rings (SSSR count). The van der Waals surface area contributed by atoms with E-state index in [1.165, 1.54) is 25.1 Å². The standard InChI is InChI=1S/C10H8O3S/c1-12-6-9-13-10(11)7-4-2-3-5-8(7)14-9/h2-6H,1H3/b9-6-. The molecule has 0 spiro atoms. The molecule has 0 aromatic heterocycles. The van der Waals surface area contributed by atoms with Crippen molar-refractivity contribution in [3.8, 4) is 0 Å². The summed E-state index contributed by atoms with van der Waals surface area (Å²) in [5, 5.41) is 0.469. The average molecular weight is 208 g/mol. The third kappa shape index (κ3) is 1.61. The van der Waals surface area contributed by atoms with Crippen LogP contribution in [0.15, 0.2) is 40.5 Å². The van der Waals surface area contributed by atoms with Crippen LogP contribution >= 0.6 is 11.8 Å². The van der Waals surface area contributed by atoms with E-state index in [0.29, 0.717) is 10.7 Å². The summed E-state index contributed by atoms with van der Waals surface area (Å²) in [4.78, 5) is 12.3. The molecule has 0 bridgehead atoms. The maximum absolute atomic E-state index is 11.4. The van der Waals surface area contributed by atoms with Gasteiger partial charge in [-0.25, -0.2) is 4.79 Å². The van der Waals surface area contributed by atoms with Gasteiger partial charge in [0.1, 0.15) is 6.26 Å². The molecule has 14 heavy (non-hydrogen) atoms. The van der Waals surface area contributed by atoms with Crippen LogP contribution in [0.2, 0.25) is 0 Å². The van der Waals surface area contributed by atoms with Crippen LogP contribution in [0, 0.1) is 0 Å². The van der Waals surface area contributed by atoms with Crippen LogP contribution in [0.4, 0.5) is 0 Å². The van der Waals surface area contributed by atoms with E-state index in [4.69, 9.17) is 9.47 Å². The normalized spacial score (nSPS) is 17.5. The van der Waals surface area contributed by atoms with Gasteiger partial charge < -0.3 is 9.47 Å². The van der Waals surface area contributed by atoms with E-state index < -0.39 is 0 Å². The Bertz CT molecular complexity index is 398. The molecule has 0 aliphatic carbocycles. The van der Waals surface area contributed by atoms with Gasteiger partial charge >= 0.3 is 5.97 Å². The van der Waals surface area contributed by atoms with Gasteiger partial charge in [0.15, 0.2) is 0 Å². The number of hydrogen-bond donors (Lipinski definition) is 0. The highest BCUT2D eigenvalue weighted by atomic mass is 32.2. The van der Waals surface area contributed by atoms with Crippen molar-refractivity contribution in [2.24, 2.45) is 0 Å². The molecule has 1 aliphatic heterocycles. The Hall–Kier alpha value is -1.42. The molecule has 4 heteroatoms. The van der Waals surface area contributed by atoms with Crippen LogP contribution in [0.25, 0.3) is 0 Å². The maximum atomic E-state index is 11.4. The van der Waals surface area contributed by atoms with Crippen LogP contribution in [-0.2, 0) is 9.47 Å². The van der Waals surface area contributed by atoms with Crippen LogP contribution in [0.3, 0.4) is 0 Å². The lowest BCUT2D eigenvalue weighted by atomic mass is 10.2. The van der Waals surface area contributed by atoms with Gasteiger partial charge in [-0.2, -0.15) is 0 Å². The Balaban J connectivity index is 2.38. The minimum absolute atomic E-state index is 0.331. The monoisotopic (exact) mass is 208 g/mol. The number of thioether (sulfide) groups is 1. The van der Waals surface area contributed by atoms with E-state index in [1.54, 1.807) is 6.07 Å². The predicted octanol–water partition coefficient (Wildman–Crippen LogP) is 2.39. The Labute approximate surface area is 85.7 Å². The first-order chi connectivity index (χ1) is 6.81. The van der Waals surface area contributed by atoms with Crippen molar-refractivity contribution < 1.29 is 14.3 Å². The zero-order valence-corrected chi connectivity index (χ0v) is 8.34. The number of carbonyl (C=O) groups excluding carboxylic acids is 1. The number of rotatable bonds is 1. The summed E-state index contributed by atoms with van der Waals surface area (Å²) in [6, 6.07) is 7.32. The van der Waals surface area contributed by atoms with Crippen molar-refractivity contribution in [2.75, 3.05) is 7.11 Å². The third-order valence-electron chi connectivity index (χ3n) is 1.72. The molecule has 0 amide bonds. The van der Waals surface area contributed by atoms with Crippen molar-refractivity contribution in [1.29, 1.82) is 0 Å². The van der Waals surface area contributed by atoms with Crippen molar-refractivity contribution in [3.05, 3.63) is 41.2 Å². The van der Waals surface area contributed by atoms with Crippen LogP contribution in [0.5, 0.6) is 0 Å². The van der Waals surface area contributed by atoms with Gasteiger partial charge in [-0.05, 0) is 23.9 Å². The van der Waals surface area contributed by atoms with Gasteiger partial charge in [0.05, 0.1) is 12.7 Å². The fourth-order valence-corrected chi connectivity index (χ4v) is 2.03. The first-order valence-corrected chi connectivity index (χ1v) is 4.85. The molecule has 0 fully saturated rings. The van der Waals surface area contributed by atoms with Crippen molar-refractivity contribution in [3.63, 3.8) is 0 Å². The number of hydrogen-bond acceptors (Lipinski definition) is 4. The smallest absolute Gasteiger partial charge is 0.345 e. The van der Waals surface area contributed by atoms with E-state index >= 15 is 0 Å². The topological polar surface area (TPSA) is 35.5 Å². The van der Waals surface area contributed by atoms with Crippen LogP contribution in [-0.4, -0.2) is 13.1 Å². The number of carbonyl (C=O) groups is 1. The third-order valence-corrected chi connectivity index (χ3v) is 2.68. The quantitative estimate of drug-likeness (QED) is 0.524. The summed E-state index contributed by atoms with van der Waals surface area (Å²) in [5.41, 5.74) is 0.603. The summed E-state index contributed by atoms with van der Waals surface area (Å²) in [7, 11) is 1.52.